The number of nitrogens with two attached hydrogens (primary N) is 1. The fourth-order valence-electron chi connectivity index (χ4n) is 1.78. The van der Waals surface area contributed by atoms with Gasteiger partial charge >= 0.3 is 0 Å². The lowest BCUT2D eigenvalue weighted by molar-refractivity contribution is 0.0946. The topological polar surface area (TPSA) is 99.4 Å². The summed E-state index contributed by atoms with van der Waals surface area (Å²) in [7, 11) is 3.13. The third-order valence-electron chi connectivity index (χ3n) is 2.88. The number of carbonyl (C=O) groups excluding carboxylic acids is 1. The molecule has 21 heavy (non-hydrogen) atoms. The molecule has 0 radical (unpaired) electrons. The molecule has 0 fully saturated rings. The number of anilines is 1. The van der Waals surface area contributed by atoms with Crippen molar-refractivity contribution in [3.63, 3.8) is 0 Å². The summed E-state index contributed by atoms with van der Waals surface area (Å²) in [6.45, 7) is 0.280. The van der Waals surface area contributed by atoms with E-state index in [0.717, 1.165) is 5.56 Å². The van der Waals surface area contributed by atoms with Crippen LogP contribution in [0.1, 0.15) is 16.1 Å². The summed E-state index contributed by atoms with van der Waals surface area (Å²) < 4.78 is 10.4. The summed E-state index contributed by atoms with van der Waals surface area (Å²) in [5, 5.41) is 2.73. The monoisotopic (exact) mass is 288 g/mol. The highest BCUT2D eigenvalue weighted by atomic mass is 16.5. The summed E-state index contributed by atoms with van der Waals surface area (Å²) in [6, 6.07) is 5.36. The summed E-state index contributed by atoms with van der Waals surface area (Å²) in [5.41, 5.74) is 6.52. The van der Waals surface area contributed by atoms with Gasteiger partial charge in [0.15, 0.2) is 11.5 Å². The van der Waals surface area contributed by atoms with Crippen molar-refractivity contribution in [2.45, 2.75) is 6.54 Å². The number of nitrogens with zero attached hydrogens (tertiary/aromatic N) is 2. The second kappa shape index (κ2) is 6.56. The second-order valence-corrected chi connectivity index (χ2v) is 4.15. The van der Waals surface area contributed by atoms with Crippen LogP contribution in [-0.4, -0.2) is 30.1 Å². The maximum atomic E-state index is 12.0. The Morgan fingerprint density at radius 1 is 1.24 bits per heavy atom. The van der Waals surface area contributed by atoms with Crippen molar-refractivity contribution in [1.82, 2.24) is 15.3 Å². The van der Waals surface area contributed by atoms with Gasteiger partial charge in [0.2, 0.25) is 0 Å². The Hall–Kier alpha value is -2.83. The van der Waals surface area contributed by atoms with Crippen molar-refractivity contribution in [2.75, 3.05) is 20.0 Å². The average molecular weight is 288 g/mol. The van der Waals surface area contributed by atoms with Crippen molar-refractivity contribution >= 4 is 11.7 Å². The van der Waals surface area contributed by atoms with Crippen LogP contribution in [0.15, 0.2) is 30.6 Å². The van der Waals surface area contributed by atoms with E-state index < -0.39 is 5.91 Å². The van der Waals surface area contributed by atoms with E-state index in [1.54, 1.807) is 26.4 Å². The predicted molar refractivity (Wildman–Crippen MR) is 77.2 cm³/mol. The number of nitrogen functional groups attached to an aromatic ring is 1. The molecule has 1 aromatic carbocycles. The molecule has 0 aliphatic rings. The van der Waals surface area contributed by atoms with Crippen LogP contribution in [0.5, 0.6) is 11.5 Å². The smallest absolute Gasteiger partial charge is 0.273 e. The predicted octanol–water partition coefficient (Wildman–Crippen LogP) is 1.01. The highest BCUT2D eigenvalue weighted by Gasteiger charge is 2.13. The van der Waals surface area contributed by atoms with Crippen LogP contribution >= 0.6 is 0 Å². The number of benzene rings is 1. The van der Waals surface area contributed by atoms with Crippen LogP contribution in [0.2, 0.25) is 0 Å². The molecule has 0 unspecified atom stereocenters. The van der Waals surface area contributed by atoms with Gasteiger partial charge in [-0.2, -0.15) is 0 Å². The quantitative estimate of drug-likeness (QED) is 0.851. The minimum atomic E-state index is -0.390. The zero-order valence-electron chi connectivity index (χ0n) is 11.8. The molecule has 3 N–H and O–H groups in total. The van der Waals surface area contributed by atoms with Crippen molar-refractivity contribution in [3.8, 4) is 11.5 Å². The van der Waals surface area contributed by atoms with Crippen LogP contribution in [0, 0.1) is 0 Å². The SMILES string of the molecule is COc1ccc(CNC(=O)c2nccnc2N)c(OC)c1. The first-order chi connectivity index (χ1) is 10.2. The lowest BCUT2D eigenvalue weighted by Gasteiger charge is -2.11. The molecule has 1 heterocycles. The van der Waals surface area contributed by atoms with E-state index in [2.05, 4.69) is 15.3 Å². The molecule has 0 spiro atoms. The number of methoxy groups -OCH3 is 2. The fourth-order valence-corrected chi connectivity index (χ4v) is 1.78. The maximum Gasteiger partial charge on any atom is 0.273 e. The molecule has 1 aromatic heterocycles. The highest BCUT2D eigenvalue weighted by Crippen LogP contribution is 2.24. The zero-order valence-corrected chi connectivity index (χ0v) is 11.8. The summed E-state index contributed by atoms with van der Waals surface area (Å²) in [6.07, 6.45) is 2.85. The molecule has 0 aliphatic heterocycles. The lowest BCUT2D eigenvalue weighted by Crippen LogP contribution is -2.25. The first-order valence-electron chi connectivity index (χ1n) is 6.21. The molecule has 0 saturated heterocycles. The Labute approximate surface area is 122 Å². The second-order valence-electron chi connectivity index (χ2n) is 4.15. The average Bonchev–Trinajstić information content (AvgIpc) is 2.52. The largest absolute Gasteiger partial charge is 0.497 e. The first-order valence-corrected chi connectivity index (χ1v) is 6.21. The maximum absolute atomic E-state index is 12.0. The molecule has 7 nitrogen and oxygen atoms in total. The normalized spacial score (nSPS) is 10.0. The Morgan fingerprint density at radius 2 is 2.00 bits per heavy atom. The van der Waals surface area contributed by atoms with Gasteiger partial charge in [-0.25, -0.2) is 9.97 Å². The molecule has 0 atom stereocenters. The van der Waals surface area contributed by atoms with E-state index in [9.17, 15) is 4.79 Å². The third kappa shape index (κ3) is 3.38. The van der Waals surface area contributed by atoms with Gasteiger partial charge in [-0.3, -0.25) is 4.79 Å². The van der Waals surface area contributed by atoms with Gasteiger partial charge in [0.25, 0.3) is 5.91 Å². The number of hydrogen-bond donors (Lipinski definition) is 2. The third-order valence-corrected chi connectivity index (χ3v) is 2.88. The molecular formula is C14H16N4O3. The minimum Gasteiger partial charge on any atom is -0.497 e. The van der Waals surface area contributed by atoms with Crippen LogP contribution in [0.4, 0.5) is 5.82 Å². The van der Waals surface area contributed by atoms with Gasteiger partial charge in [0.05, 0.1) is 14.2 Å². The van der Waals surface area contributed by atoms with Crippen LogP contribution in [0.25, 0.3) is 0 Å². The lowest BCUT2D eigenvalue weighted by atomic mass is 10.2. The molecule has 110 valence electrons. The summed E-state index contributed by atoms with van der Waals surface area (Å²) in [5.74, 6) is 1.01. The van der Waals surface area contributed by atoms with Gasteiger partial charge in [-0.05, 0) is 12.1 Å². The van der Waals surface area contributed by atoms with E-state index in [1.807, 2.05) is 6.07 Å². The van der Waals surface area contributed by atoms with Crippen LogP contribution in [-0.2, 0) is 6.54 Å². The number of amides is 1. The zero-order chi connectivity index (χ0) is 15.2. The number of nitrogens with one attached hydrogen (secondary N) is 1. The van der Waals surface area contributed by atoms with E-state index in [-0.39, 0.29) is 18.1 Å². The van der Waals surface area contributed by atoms with Gasteiger partial charge in [0.1, 0.15) is 11.5 Å². The molecule has 0 bridgehead atoms. The Morgan fingerprint density at radius 3 is 2.67 bits per heavy atom. The van der Waals surface area contributed by atoms with Crippen molar-refractivity contribution in [1.29, 1.82) is 0 Å². The van der Waals surface area contributed by atoms with Crippen molar-refractivity contribution in [3.05, 3.63) is 41.9 Å². The Kier molecular flexibility index (Phi) is 4.55. The Bertz CT molecular complexity index is 646. The number of hydrogen-bond acceptors (Lipinski definition) is 6. The molecule has 1 amide bonds. The van der Waals surface area contributed by atoms with Gasteiger partial charge in [-0.1, -0.05) is 0 Å². The van der Waals surface area contributed by atoms with Crippen LogP contribution in [0.3, 0.4) is 0 Å². The summed E-state index contributed by atoms with van der Waals surface area (Å²) >= 11 is 0. The minimum absolute atomic E-state index is 0.0942. The van der Waals surface area contributed by atoms with E-state index >= 15 is 0 Å². The van der Waals surface area contributed by atoms with Crippen molar-refractivity contribution < 1.29 is 14.3 Å². The van der Waals surface area contributed by atoms with Crippen LogP contribution < -0.4 is 20.5 Å². The fraction of sp³-hybridized carbons (Fsp3) is 0.214. The molecular weight excluding hydrogens is 272 g/mol. The molecule has 2 rings (SSSR count). The summed E-state index contributed by atoms with van der Waals surface area (Å²) in [4.78, 5) is 19.7. The molecule has 0 saturated carbocycles. The van der Waals surface area contributed by atoms with E-state index in [0.29, 0.717) is 11.5 Å². The molecule has 0 aliphatic carbocycles. The highest BCUT2D eigenvalue weighted by molar-refractivity contribution is 5.96. The standard InChI is InChI=1S/C14H16N4O3/c1-20-10-4-3-9(11(7-10)21-2)8-18-14(19)12-13(15)17-6-5-16-12/h3-7H,8H2,1-2H3,(H2,15,17)(H,18,19). The first kappa shape index (κ1) is 14.6. The molecule has 7 heteroatoms. The van der Waals surface area contributed by atoms with E-state index in [4.69, 9.17) is 15.2 Å². The van der Waals surface area contributed by atoms with E-state index in [1.165, 1.54) is 12.4 Å². The number of ether oxygens (including phenoxy) is 2. The number of carbonyl (C=O) groups is 1. The Balaban J connectivity index is 2.10. The number of aromatic nitrogens is 2. The molecule has 2 aromatic rings. The van der Waals surface area contributed by atoms with Gasteiger partial charge in [0, 0.05) is 30.6 Å². The van der Waals surface area contributed by atoms with Gasteiger partial charge < -0.3 is 20.5 Å². The van der Waals surface area contributed by atoms with Crippen molar-refractivity contribution in [2.24, 2.45) is 0 Å². The van der Waals surface area contributed by atoms with Gasteiger partial charge in [-0.15, -0.1) is 0 Å². The number of rotatable bonds is 5.